The van der Waals surface area contributed by atoms with Gasteiger partial charge in [0.15, 0.2) is 0 Å². The Balaban J connectivity index is 1.75. The smallest absolute Gasteiger partial charge is 0.238 e. The molecule has 0 aliphatic heterocycles. The number of nitrogens with zero attached hydrogens (tertiary/aromatic N) is 1. The highest BCUT2D eigenvalue weighted by molar-refractivity contribution is 5.82. The third-order valence-electron chi connectivity index (χ3n) is 5.36. The topological polar surface area (TPSA) is 64.9 Å². The van der Waals surface area contributed by atoms with E-state index in [0.717, 1.165) is 43.2 Å². The molecule has 1 amide bonds. The molecule has 2 aromatic rings. The first-order valence-electron chi connectivity index (χ1n) is 9.73. The minimum Gasteiger partial charge on any atom is -0.336 e. The van der Waals surface area contributed by atoms with E-state index >= 15 is 0 Å². The fourth-order valence-electron chi connectivity index (χ4n) is 3.77. The van der Waals surface area contributed by atoms with Crippen LogP contribution in [-0.2, 0) is 4.79 Å². The molecule has 0 heterocycles. The SMILES string of the molecule is CC(NC(c1ccccc1)c1ccccc1)C(=O)NC1(C#N)CCCCC1. The van der Waals surface area contributed by atoms with Crippen LogP contribution in [0, 0.1) is 11.3 Å². The van der Waals surface area contributed by atoms with E-state index in [1.165, 1.54) is 0 Å². The Hall–Kier alpha value is -2.64. The number of benzene rings is 2. The maximum absolute atomic E-state index is 12.8. The fraction of sp³-hybridized carbons (Fsp3) is 0.391. The van der Waals surface area contributed by atoms with Gasteiger partial charge >= 0.3 is 0 Å². The van der Waals surface area contributed by atoms with E-state index in [-0.39, 0.29) is 11.9 Å². The van der Waals surface area contributed by atoms with Crippen molar-refractivity contribution in [3.63, 3.8) is 0 Å². The molecule has 4 heteroatoms. The van der Waals surface area contributed by atoms with Gasteiger partial charge in [0, 0.05) is 0 Å². The molecule has 1 unspecified atom stereocenters. The zero-order valence-corrected chi connectivity index (χ0v) is 15.8. The van der Waals surface area contributed by atoms with Gasteiger partial charge in [-0.25, -0.2) is 0 Å². The standard InChI is InChI=1S/C23H27N3O/c1-18(22(27)26-23(17-24)15-9-4-10-16-23)25-21(19-11-5-2-6-12-19)20-13-7-3-8-14-20/h2-3,5-8,11-14,18,21,25H,4,9-10,15-16H2,1H3,(H,26,27). The Bertz CT molecular complexity index is 737. The third-order valence-corrected chi connectivity index (χ3v) is 5.36. The number of carbonyl (C=O) groups is 1. The Morgan fingerprint density at radius 2 is 1.48 bits per heavy atom. The normalized spacial score (nSPS) is 17.1. The summed E-state index contributed by atoms with van der Waals surface area (Å²) in [5, 5.41) is 16.1. The number of carbonyl (C=O) groups excluding carboxylic acids is 1. The van der Waals surface area contributed by atoms with E-state index in [2.05, 4.69) is 41.0 Å². The summed E-state index contributed by atoms with van der Waals surface area (Å²) in [6.07, 6.45) is 4.60. The highest BCUT2D eigenvalue weighted by atomic mass is 16.2. The highest BCUT2D eigenvalue weighted by Gasteiger charge is 2.35. The summed E-state index contributed by atoms with van der Waals surface area (Å²) in [5.74, 6) is -0.115. The zero-order chi connectivity index (χ0) is 19.1. The molecule has 1 aliphatic carbocycles. The van der Waals surface area contributed by atoms with Crippen molar-refractivity contribution in [1.29, 1.82) is 5.26 Å². The first kappa shape index (κ1) is 19.1. The predicted octanol–water partition coefficient (Wildman–Crippen LogP) is 4.10. The van der Waals surface area contributed by atoms with Crippen LogP contribution in [0.2, 0.25) is 0 Å². The van der Waals surface area contributed by atoms with Crippen LogP contribution >= 0.6 is 0 Å². The van der Waals surface area contributed by atoms with Gasteiger partial charge in [0.2, 0.25) is 5.91 Å². The molecule has 2 aromatic carbocycles. The van der Waals surface area contributed by atoms with Gasteiger partial charge in [-0.2, -0.15) is 5.26 Å². The summed E-state index contributed by atoms with van der Waals surface area (Å²) in [6, 6.07) is 22.1. The number of rotatable bonds is 6. The molecule has 140 valence electrons. The van der Waals surface area contributed by atoms with Crippen LogP contribution in [-0.4, -0.2) is 17.5 Å². The van der Waals surface area contributed by atoms with Crippen molar-refractivity contribution >= 4 is 5.91 Å². The number of nitriles is 1. The molecule has 1 aliphatic rings. The Morgan fingerprint density at radius 3 is 1.96 bits per heavy atom. The Morgan fingerprint density at radius 1 is 0.963 bits per heavy atom. The monoisotopic (exact) mass is 361 g/mol. The predicted molar refractivity (Wildman–Crippen MR) is 107 cm³/mol. The van der Waals surface area contributed by atoms with Crippen molar-refractivity contribution < 1.29 is 4.79 Å². The van der Waals surface area contributed by atoms with Crippen molar-refractivity contribution in [3.8, 4) is 6.07 Å². The van der Waals surface area contributed by atoms with Crippen molar-refractivity contribution in [1.82, 2.24) is 10.6 Å². The van der Waals surface area contributed by atoms with E-state index in [1.807, 2.05) is 43.3 Å². The summed E-state index contributed by atoms with van der Waals surface area (Å²) >= 11 is 0. The maximum Gasteiger partial charge on any atom is 0.238 e. The van der Waals surface area contributed by atoms with Gasteiger partial charge in [0.25, 0.3) is 0 Å². The van der Waals surface area contributed by atoms with E-state index in [1.54, 1.807) is 0 Å². The molecule has 0 aromatic heterocycles. The van der Waals surface area contributed by atoms with Crippen molar-refractivity contribution in [2.45, 2.75) is 56.7 Å². The van der Waals surface area contributed by atoms with Crippen molar-refractivity contribution in [3.05, 3.63) is 71.8 Å². The lowest BCUT2D eigenvalue weighted by molar-refractivity contribution is -0.124. The van der Waals surface area contributed by atoms with E-state index in [9.17, 15) is 10.1 Å². The lowest BCUT2D eigenvalue weighted by Crippen LogP contribution is -2.54. The summed E-state index contributed by atoms with van der Waals surface area (Å²) in [7, 11) is 0. The number of hydrogen-bond acceptors (Lipinski definition) is 3. The number of amides is 1. The zero-order valence-electron chi connectivity index (χ0n) is 15.8. The molecule has 27 heavy (non-hydrogen) atoms. The molecule has 2 N–H and O–H groups in total. The van der Waals surface area contributed by atoms with Gasteiger partial charge in [-0.1, -0.05) is 79.9 Å². The third kappa shape index (κ3) is 4.75. The second kappa shape index (κ2) is 8.83. The average Bonchev–Trinajstić information content (AvgIpc) is 2.73. The molecule has 4 nitrogen and oxygen atoms in total. The van der Waals surface area contributed by atoms with Crippen LogP contribution in [0.1, 0.15) is 56.2 Å². The minimum atomic E-state index is -0.708. The molecule has 1 fully saturated rings. The summed E-state index contributed by atoms with van der Waals surface area (Å²) in [5.41, 5.74) is 1.51. The molecule has 0 bridgehead atoms. The lowest BCUT2D eigenvalue weighted by atomic mass is 9.82. The van der Waals surface area contributed by atoms with E-state index in [4.69, 9.17) is 0 Å². The molecule has 1 atom stereocenters. The Labute approximate surface area is 161 Å². The van der Waals surface area contributed by atoms with Gasteiger partial charge in [-0.15, -0.1) is 0 Å². The minimum absolute atomic E-state index is 0.0856. The van der Waals surface area contributed by atoms with Crippen LogP contribution in [0.25, 0.3) is 0 Å². The summed E-state index contributed by atoms with van der Waals surface area (Å²) < 4.78 is 0. The fourth-order valence-corrected chi connectivity index (χ4v) is 3.77. The number of hydrogen-bond donors (Lipinski definition) is 2. The van der Waals surface area contributed by atoms with Gasteiger partial charge in [-0.05, 0) is 30.9 Å². The first-order valence-corrected chi connectivity index (χ1v) is 9.73. The average molecular weight is 361 g/mol. The first-order chi connectivity index (χ1) is 13.1. The molecule has 3 rings (SSSR count). The van der Waals surface area contributed by atoms with E-state index < -0.39 is 11.6 Å². The molecule has 0 radical (unpaired) electrons. The summed E-state index contributed by atoms with van der Waals surface area (Å²) in [6.45, 7) is 1.86. The van der Waals surface area contributed by atoms with Gasteiger partial charge in [0.05, 0.1) is 18.2 Å². The van der Waals surface area contributed by atoms with Crippen LogP contribution in [0.5, 0.6) is 0 Å². The van der Waals surface area contributed by atoms with Crippen LogP contribution in [0.15, 0.2) is 60.7 Å². The Kier molecular flexibility index (Phi) is 6.26. The van der Waals surface area contributed by atoms with Crippen molar-refractivity contribution in [2.24, 2.45) is 0 Å². The quantitative estimate of drug-likeness (QED) is 0.814. The number of nitrogens with one attached hydrogen (secondary N) is 2. The van der Waals surface area contributed by atoms with Crippen LogP contribution < -0.4 is 10.6 Å². The molecule has 0 spiro atoms. The van der Waals surface area contributed by atoms with Gasteiger partial charge in [0.1, 0.15) is 5.54 Å². The molecular weight excluding hydrogens is 334 g/mol. The van der Waals surface area contributed by atoms with Gasteiger partial charge < -0.3 is 5.32 Å². The molecule has 1 saturated carbocycles. The summed E-state index contributed by atoms with van der Waals surface area (Å²) in [4.78, 5) is 12.8. The largest absolute Gasteiger partial charge is 0.336 e. The van der Waals surface area contributed by atoms with Gasteiger partial charge in [-0.3, -0.25) is 10.1 Å². The van der Waals surface area contributed by atoms with Crippen LogP contribution in [0.4, 0.5) is 0 Å². The van der Waals surface area contributed by atoms with Crippen LogP contribution in [0.3, 0.4) is 0 Å². The lowest BCUT2D eigenvalue weighted by Gasteiger charge is -2.33. The highest BCUT2D eigenvalue weighted by Crippen LogP contribution is 2.28. The maximum atomic E-state index is 12.8. The second-order valence-corrected chi connectivity index (χ2v) is 7.39. The van der Waals surface area contributed by atoms with E-state index in [0.29, 0.717) is 0 Å². The second-order valence-electron chi connectivity index (χ2n) is 7.39. The molecule has 0 saturated heterocycles. The molecular formula is C23H27N3O. The van der Waals surface area contributed by atoms with Crippen molar-refractivity contribution in [2.75, 3.05) is 0 Å².